The molecule has 0 aliphatic carbocycles. The number of piperazine rings is 1. The van der Waals surface area contributed by atoms with Gasteiger partial charge in [-0.05, 0) is 12.8 Å². The predicted octanol–water partition coefficient (Wildman–Crippen LogP) is -0.926. The van der Waals surface area contributed by atoms with Crippen LogP contribution < -0.4 is 10.6 Å². The highest BCUT2D eigenvalue weighted by molar-refractivity contribution is 5.88. The second kappa shape index (κ2) is 5.44. The zero-order valence-electron chi connectivity index (χ0n) is 10.8. The number of esters is 1. The second-order valence-corrected chi connectivity index (χ2v) is 5.22. The van der Waals surface area contributed by atoms with E-state index in [4.69, 9.17) is 9.47 Å². The lowest BCUT2D eigenvalue weighted by atomic mass is 10.1. The average Bonchev–Trinajstić information content (AvgIpc) is 2.81. The Hall–Kier alpha value is -1.18. The molecule has 19 heavy (non-hydrogen) atoms. The van der Waals surface area contributed by atoms with Gasteiger partial charge in [-0.25, -0.2) is 9.59 Å². The molecule has 3 aliphatic rings. The molecule has 3 heterocycles. The van der Waals surface area contributed by atoms with Gasteiger partial charge in [0.1, 0.15) is 6.04 Å². The highest BCUT2D eigenvalue weighted by Gasteiger charge is 2.40. The normalized spacial score (nSPS) is 34.1. The van der Waals surface area contributed by atoms with E-state index in [0.29, 0.717) is 32.3 Å². The van der Waals surface area contributed by atoms with Gasteiger partial charge in [0, 0.05) is 31.7 Å². The standard InChI is InChI=1S/C12H19N3O4/c16-11(10-9-2-1-8(14-9)7-13-10)19-12(17)15-3-5-18-6-4-15/h8-10,13-14H,1-7H2. The summed E-state index contributed by atoms with van der Waals surface area (Å²) in [5, 5.41) is 6.52. The Labute approximate surface area is 111 Å². The number of fused-ring (bicyclic) bond motifs is 2. The van der Waals surface area contributed by atoms with E-state index in [2.05, 4.69) is 10.6 Å². The van der Waals surface area contributed by atoms with E-state index in [-0.39, 0.29) is 6.04 Å². The van der Waals surface area contributed by atoms with Gasteiger partial charge in [0.15, 0.2) is 0 Å². The van der Waals surface area contributed by atoms with Crippen LogP contribution in [0.2, 0.25) is 0 Å². The Morgan fingerprint density at radius 3 is 2.79 bits per heavy atom. The molecule has 0 saturated carbocycles. The van der Waals surface area contributed by atoms with Gasteiger partial charge >= 0.3 is 12.1 Å². The Morgan fingerprint density at radius 1 is 1.21 bits per heavy atom. The Bertz CT molecular complexity index is 370. The number of morpholine rings is 1. The number of carbonyl (C=O) groups excluding carboxylic acids is 2. The topological polar surface area (TPSA) is 79.9 Å². The van der Waals surface area contributed by atoms with Crippen LogP contribution >= 0.6 is 0 Å². The quantitative estimate of drug-likeness (QED) is 0.473. The number of hydrogen-bond donors (Lipinski definition) is 2. The second-order valence-electron chi connectivity index (χ2n) is 5.22. The Balaban J connectivity index is 1.54. The van der Waals surface area contributed by atoms with E-state index >= 15 is 0 Å². The number of nitrogens with one attached hydrogen (secondary N) is 2. The summed E-state index contributed by atoms with van der Waals surface area (Å²) in [7, 11) is 0. The minimum Gasteiger partial charge on any atom is -0.378 e. The van der Waals surface area contributed by atoms with Crippen LogP contribution in [0.15, 0.2) is 0 Å². The number of ether oxygens (including phenoxy) is 2. The molecule has 0 radical (unpaired) electrons. The number of hydrogen-bond acceptors (Lipinski definition) is 6. The fraction of sp³-hybridized carbons (Fsp3) is 0.833. The summed E-state index contributed by atoms with van der Waals surface area (Å²) in [5.41, 5.74) is 0. The van der Waals surface area contributed by atoms with Gasteiger partial charge in [-0.2, -0.15) is 0 Å². The molecule has 3 fully saturated rings. The number of rotatable bonds is 1. The van der Waals surface area contributed by atoms with E-state index in [1.807, 2.05) is 0 Å². The van der Waals surface area contributed by atoms with Crippen LogP contribution in [-0.4, -0.2) is 67.9 Å². The van der Waals surface area contributed by atoms with Gasteiger partial charge in [0.2, 0.25) is 0 Å². The van der Waals surface area contributed by atoms with Crippen LogP contribution in [0.5, 0.6) is 0 Å². The van der Waals surface area contributed by atoms with Crippen molar-refractivity contribution in [3.63, 3.8) is 0 Å². The molecule has 0 aromatic heterocycles. The maximum Gasteiger partial charge on any atom is 0.417 e. The van der Waals surface area contributed by atoms with Gasteiger partial charge in [-0.15, -0.1) is 0 Å². The first kappa shape index (κ1) is 12.8. The highest BCUT2D eigenvalue weighted by atomic mass is 16.6. The monoisotopic (exact) mass is 269 g/mol. The van der Waals surface area contributed by atoms with E-state index < -0.39 is 18.1 Å². The summed E-state index contributed by atoms with van der Waals surface area (Å²) in [6.45, 7) is 2.71. The predicted molar refractivity (Wildman–Crippen MR) is 65.6 cm³/mol. The van der Waals surface area contributed by atoms with Gasteiger partial charge in [-0.1, -0.05) is 0 Å². The molecule has 0 spiro atoms. The summed E-state index contributed by atoms with van der Waals surface area (Å²) >= 11 is 0. The first-order chi connectivity index (χ1) is 9.24. The average molecular weight is 269 g/mol. The van der Waals surface area contributed by atoms with Crippen molar-refractivity contribution in [1.29, 1.82) is 0 Å². The van der Waals surface area contributed by atoms with Crippen molar-refractivity contribution in [2.75, 3.05) is 32.8 Å². The molecule has 1 amide bonds. The fourth-order valence-electron chi connectivity index (χ4n) is 2.89. The molecule has 0 aromatic carbocycles. The van der Waals surface area contributed by atoms with Crippen LogP contribution in [0, 0.1) is 0 Å². The van der Waals surface area contributed by atoms with E-state index in [9.17, 15) is 9.59 Å². The molecule has 7 nitrogen and oxygen atoms in total. The van der Waals surface area contributed by atoms with Crippen molar-refractivity contribution in [3.8, 4) is 0 Å². The highest BCUT2D eigenvalue weighted by Crippen LogP contribution is 2.20. The third-order valence-corrected chi connectivity index (χ3v) is 3.97. The maximum absolute atomic E-state index is 12.0. The zero-order valence-corrected chi connectivity index (χ0v) is 10.8. The molecule has 0 aromatic rings. The molecule has 7 heteroatoms. The van der Waals surface area contributed by atoms with Crippen LogP contribution in [-0.2, 0) is 14.3 Å². The van der Waals surface area contributed by atoms with Crippen LogP contribution in [0.4, 0.5) is 4.79 Å². The molecular weight excluding hydrogens is 250 g/mol. The SMILES string of the molecule is O=C(OC(=O)N1CCOCC1)C1NCC2CCC1N2. The minimum atomic E-state index is -0.560. The molecular formula is C12H19N3O4. The van der Waals surface area contributed by atoms with E-state index in [0.717, 1.165) is 19.4 Å². The van der Waals surface area contributed by atoms with Crippen molar-refractivity contribution in [1.82, 2.24) is 15.5 Å². The molecule has 3 aliphatic heterocycles. The van der Waals surface area contributed by atoms with Crippen LogP contribution in [0.1, 0.15) is 12.8 Å². The van der Waals surface area contributed by atoms with E-state index in [1.165, 1.54) is 4.90 Å². The van der Waals surface area contributed by atoms with Gasteiger partial charge in [0.25, 0.3) is 0 Å². The molecule has 106 valence electrons. The Morgan fingerprint density at radius 2 is 2.00 bits per heavy atom. The van der Waals surface area contributed by atoms with Gasteiger partial charge in [-0.3, -0.25) is 0 Å². The van der Waals surface area contributed by atoms with Crippen molar-refractivity contribution >= 4 is 12.1 Å². The first-order valence-electron chi connectivity index (χ1n) is 6.82. The zero-order chi connectivity index (χ0) is 13.2. The lowest BCUT2D eigenvalue weighted by Crippen LogP contribution is -2.60. The Kier molecular flexibility index (Phi) is 3.67. The van der Waals surface area contributed by atoms with Gasteiger partial charge in [0.05, 0.1) is 13.2 Å². The lowest BCUT2D eigenvalue weighted by molar-refractivity contribution is -0.142. The van der Waals surface area contributed by atoms with E-state index in [1.54, 1.807) is 0 Å². The molecule has 3 saturated heterocycles. The fourth-order valence-corrected chi connectivity index (χ4v) is 2.89. The molecule has 3 atom stereocenters. The van der Waals surface area contributed by atoms with Crippen molar-refractivity contribution in [3.05, 3.63) is 0 Å². The van der Waals surface area contributed by atoms with Gasteiger partial charge < -0.3 is 25.0 Å². The summed E-state index contributed by atoms with van der Waals surface area (Å²) in [4.78, 5) is 25.4. The van der Waals surface area contributed by atoms with Crippen LogP contribution in [0.3, 0.4) is 0 Å². The van der Waals surface area contributed by atoms with Crippen LogP contribution in [0.25, 0.3) is 0 Å². The van der Waals surface area contributed by atoms with Crippen molar-refractivity contribution in [2.24, 2.45) is 0 Å². The number of nitrogens with zero attached hydrogens (tertiary/aromatic N) is 1. The maximum atomic E-state index is 12.0. The molecule has 2 bridgehead atoms. The molecule has 2 N–H and O–H groups in total. The minimum absolute atomic E-state index is 0.0868. The van der Waals surface area contributed by atoms with Crippen molar-refractivity contribution < 1.29 is 19.1 Å². The molecule has 3 rings (SSSR count). The summed E-state index contributed by atoms with van der Waals surface area (Å²) < 4.78 is 10.1. The largest absolute Gasteiger partial charge is 0.417 e. The molecule has 3 unspecified atom stereocenters. The third kappa shape index (κ3) is 2.72. The summed E-state index contributed by atoms with van der Waals surface area (Å²) in [5.74, 6) is -0.477. The third-order valence-electron chi connectivity index (χ3n) is 3.97. The number of amides is 1. The number of carbonyl (C=O) groups is 2. The lowest BCUT2D eigenvalue weighted by Gasteiger charge is -2.30. The van der Waals surface area contributed by atoms with Crippen molar-refractivity contribution in [2.45, 2.75) is 31.0 Å². The first-order valence-corrected chi connectivity index (χ1v) is 6.82. The summed E-state index contributed by atoms with van der Waals surface area (Å²) in [6, 6.07) is 0.122. The summed E-state index contributed by atoms with van der Waals surface area (Å²) in [6.07, 6.45) is 1.46. The smallest absolute Gasteiger partial charge is 0.378 e.